The molecular formula is C12H16FNO. The van der Waals surface area contributed by atoms with Gasteiger partial charge in [-0.3, -0.25) is 0 Å². The van der Waals surface area contributed by atoms with Crippen molar-refractivity contribution in [2.45, 2.75) is 25.3 Å². The molecule has 0 saturated carbocycles. The van der Waals surface area contributed by atoms with Crippen LogP contribution < -0.4 is 10.1 Å². The van der Waals surface area contributed by atoms with Crippen LogP contribution in [0.15, 0.2) is 18.2 Å². The van der Waals surface area contributed by atoms with Crippen molar-refractivity contribution < 1.29 is 9.13 Å². The summed E-state index contributed by atoms with van der Waals surface area (Å²) in [5.74, 6) is 0.110. The van der Waals surface area contributed by atoms with E-state index in [4.69, 9.17) is 4.74 Å². The first-order valence-corrected chi connectivity index (χ1v) is 5.38. The Morgan fingerprint density at radius 2 is 2.27 bits per heavy atom. The van der Waals surface area contributed by atoms with E-state index in [2.05, 4.69) is 5.32 Å². The molecule has 0 amide bonds. The van der Waals surface area contributed by atoms with Crippen molar-refractivity contribution in [3.8, 4) is 5.75 Å². The highest BCUT2D eigenvalue weighted by molar-refractivity contribution is 5.33. The highest BCUT2D eigenvalue weighted by Crippen LogP contribution is 2.29. The van der Waals surface area contributed by atoms with E-state index in [0.717, 1.165) is 24.9 Å². The number of nitrogens with one attached hydrogen (secondary N) is 1. The summed E-state index contributed by atoms with van der Waals surface area (Å²) in [6.07, 6.45) is 3.35. The van der Waals surface area contributed by atoms with Crippen molar-refractivity contribution in [1.82, 2.24) is 5.32 Å². The van der Waals surface area contributed by atoms with Gasteiger partial charge in [-0.25, -0.2) is 4.39 Å². The summed E-state index contributed by atoms with van der Waals surface area (Å²) in [4.78, 5) is 0. The van der Waals surface area contributed by atoms with Gasteiger partial charge in [-0.05, 0) is 25.5 Å². The third kappa shape index (κ3) is 2.12. The fourth-order valence-electron chi connectivity index (χ4n) is 2.07. The van der Waals surface area contributed by atoms with Gasteiger partial charge in [-0.1, -0.05) is 18.6 Å². The van der Waals surface area contributed by atoms with E-state index >= 15 is 0 Å². The van der Waals surface area contributed by atoms with Crippen molar-refractivity contribution in [1.29, 1.82) is 0 Å². The number of methoxy groups -OCH3 is 1. The Morgan fingerprint density at radius 1 is 1.40 bits per heavy atom. The molecule has 0 aromatic heterocycles. The van der Waals surface area contributed by atoms with E-state index in [9.17, 15) is 4.39 Å². The Balaban J connectivity index is 2.26. The van der Waals surface area contributed by atoms with Crippen LogP contribution in [0.25, 0.3) is 0 Å². The normalized spacial score (nSPS) is 21.3. The Labute approximate surface area is 89.4 Å². The lowest BCUT2D eigenvalue weighted by Crippen LogP contribution is -2.27. The molecule has 2 nitrogen and oxygen atoms in total. The van der Waals surface area contributed by atoms with E-state index in [0.29, 0.717) is 5.75 Å². The lowest BCUT2D eigenvalue weighted by molar-refractivity contribution is 0.366. The molecular weight excluding hydrogens is 193 g/mol. The van der Waals surface area contributed by atoms with Crippen LogP contribution >= 0.6 is 0 Å². The molecule has 15 heavy (non-hydrogen) atoms. The van der Waals surface area contributed by atoms with Crippen LogP contribution in [0, 0.1) is 5.82 Å². The smallest absolute Gasteiger partial charge is 0.169 e. The zero-order valence-electron chi connectivity index (χ0n) is 8.92. The van der Waals surface area contributed by atoms with Crippen LogP contribution in [0.3, 0.4) is 0 Å². The van der Waals surface area contributed by atoms with Crippen molar-refractivity contribution in [3.63, 3.8) is 0 Å². The predicted molar refractivity (Wildman–Crippen MR) is 57.5 cm³/mol. The summed E-state index contributed by atoms with van der Waals surface area (Å²) >= 11 is 0. The van der Waals surface area contributed by atoms with Gasteiger partial charge in [0.25, 0.3) is 0 Å². The van der Waals surface area contributed by atoms with E-state index in [1.54, 1.807) is 6.07 Å². The molecule has 3 heteroatoms. The quantitative estimate of drug-likeness (QED) is 0.808. The first-order valence-electron chi connectivity index (χ1n) is 5.38. The summed E-state index contributed by atoms with van der Waals surface area (Å²) < 4.78 is 18.9. The predicted octanol–water partition coefficient (Wildman–Crippen LogP) is 2.65. The average Bonchev–Trinajstić information content (AvgIpc) is 2.30. The van der Waals surface area contributed by atoms with Gasteiger partial charge in [-0.2, -0.15) is 0 Å². The molecule has 82 valence electrons. The highest BCUT2D eigenvalue weighted by Gasteiger charge is 2.19. The lowest BCUT2D eigenvalue weighted by atomic mass is 9.97. The molecule has 0 spiro atoms. The zero-order valence-corrected chi connectivity index (χ0v) is 8.92. The maximum Gasteiger partial charge on any atom is 0.169 e. The Bertz CT molecular complexity index is 334. The molecule has 1 aliphatic heterocycles. The second-order valence-corrected chi connectivity index (χ2v) is 3.87. The van der Waals surface area contributed by atoms with Crippen molar-refractivity contribution in [3.05, 3.63) is 29.6 Å². The van der Waals surface area contributed by atoms with Gasteiger partial charge in [0.1, 0.15) is 0 Å². The topological polar surface area (TPSA) is 21.3 Å². The average molecular weight is 209 g/mol. The van der Waals surface area contributed by atoms with Crippen LogP contribution in [-0.2, 0) is 0 Å². The maximum absolute atomic E-state index is 13.9. The van der Waals surface area contributed by atoms with Gasteiger partial charge < -0.3 is 10.1 Å². The van der Waals surface area contributed by atoms with Gasteiger partial charge in [0.15, 0.2) is 11.6 Å². The summed E-state index contributed by atoms with van der Waals surface area (Å²) in [6, 6.07) is 5.48. The summed E-state index contributed by atoms with van der Waals surface area (Å²) in [5.41, 5.74) is 0.731. The monoisotopic (exact) mass is 209 g/mol. The van der Waals surface area contributed by atoms with Crippen LogP contribution in [0.2, 0.25) is 0 Å². The van der Waals surface area contributed by atoms with Crippen LogP contribution in [0.4, 0.5) is 4.39 Å². The highest BCUT2D eigenvalue weighted by atomic mass is 19.1. The van der Waals surface area contributed by atoms with E-state index < -0.39 is 0 Å². The largest absolute Gasteiger partial charge is 0.494 e. The van der Waals surface area contributed by atoms with Crippen molar-refractivity contribution >= 4 is 0 Å². The Kier molecular flexibility index (Phi) is 3.21. The SMILES string of the molecule is COc1cccc(C2CCCCN2)c1F. The van der Waals surface area contributed by atoms with Crippen molar-refractivity contribution in [2.75, 3.05) is 13.7 Å². The summed E-state index contributed by atoms with van der Waals surface area (Å²) in [5, 5.41) is 3.33. The minimum Gasteiger partial charge on any atom is -0.494 e. The van der Waals surface area contributed by atoms with Gasteiger partial charge in [0.05, 0.1) is 7.11 Å². The van der Waals surface area contributed by atoms with Gasteiger partial charge in [-0.15, -0.1) is 0 Å². The minimum atomic E-state index is -0.223. The molecule has 0 radical (unpaired) electrons. The van der Waals surface area contributed by atoms with Crippen LogP contribution in [0.5, 0.6) is 5.75 Å². The molecule has 1 unspecified atom stereocenters. The number of benzene rings is 1. The number of rotatable bonds is 2. The third-order valence-electron chi connectivity index (χ3n) is 2.90. The maximum atomic E-state index is 13.9. The van der Waals surface area contributed by atoms with Gasteiger partial charge in [0.2, 0.25) is 0 Å². The second-order valence-electron chi connectivity index (χ2n) is 3.87. The Hall–Kier alpha value is -1.09. The summed E-state index contributed by atoms with van der Waals surface area (Å²) in [6.45, 7) is 0.974. The molecule has 0 aliphatic carbocycles. The molecule has 1 atom stereocenters. The molecule has 2 rings (SSSR count). The fraction of sp³-hybridized carbons (Fsp3) is 0.500. The lowest BCUT2D eigenvalue weighted by Gasteiger charge is -2.24. The van der Waals surface area contributed by atoms with E-state index in [-0.39, 0.29) is 11.9 Å². The molecule has 1 aromatic carbocycles. The van der Waals surface area contributed by atoms with Gasteiger partial charge in [0, 0.05) is 11.6 Å². The number of halogens is 1. The van der Waals surface area contributed by atoms with Crippen LogP contribution in [-0.4, -0.2) is 13.7 Å². The standard InChI is InChI=1S/C12H16FNO/c1-15-11-7-4-5-9(12(11)13)10-6-2-3-8-14-10/h4-5,7,10,14H,2-3,6,8H2,1H3. The molecule has 0 bridgehead atoms. The fourth-order valence-corrected chi connectivity index (χ4v) is 2.07. The van der Waals surface area contributed by atoms with Crippen LogP contribution in [0.1, 0.15) is 30.9 Å². The first kappa shape index (κ1) is 10.4. The number of hydrogen-bond donors (Lipinski definition) is 1. The molecule has 1 heterocycles. The Morgan fingerprint density at radius 3 is 2.93 bits per heavy atom. The molecule has 1 aromatic rings. The first-order chi connectivity index (χ1) is 7.33. The number of ether oxygens (including phenoxy) is 1. The molecule has 1 fully saturated rings. The van der Waals surface area contributed by atoms with Gasteiger partial charge >= 0.3 is 0 Å². The van der Waals surface area contributed by atoms with E-state index in [1.807, 2.05) is 12.1 Å². The summed E-state index contributed by atoms with van der Waals surface area (Å²) in [7, 11) is 1.50. The number of piperidine rings is 1. The third-order valence-corrected chi connectivity index (χ3v) is 2.90. The zero-order chi connectivity index (χ0) is 10.7. The minimum absolute atomic E-state index is 0.147. The molecule has 1 aliphatic rings. The van der Waals surface area contributed by atoms with Crippen molar-refractivity contribution in [2.24, 2.45) is 0 Å². The molecule has 1 saturated heterocycles. The number of hydrogen-bond acceptors (Lipinski definition) is 2. The second kappa shape index (κ2) is 4.62. The van der Waals surface area contributed by atoms with E-state index in [1.165, 1.54) is 13.5 Å². The molecule has 1 N–H and O–H groups in total.